The first kappa shape index (κ1) is 22.0. The summed E-state index contributed by atoms with van der Waals surface area (Å²) in [6.07, 6.45) is -4.12. The fourth-order valence-corrected chi connectivity index (χ4v) is 4.11. The van der Waals surface area contributed by atoms with E-state index >= 15 is 0 Å². The zero-order chi connectivity index (χ0) is 23.0. The van der Waals surface area contributed by atoms with Gasteiger partial charge in [-0.1, -0.05) is 23.7 Å². The number of fused-ring (bicyclic) bond motifs is 1. The van der Waals surface area contributed by atoms with Crippen molar-refractivity contribution in [3.05, 3.63) is 63.0 Å². The number of ether oxygens (including phenoxy) is 1. The summed E-state index contributed by atoms with van der Waals surface area (Å²) in [4.78, 5) is 18.9. The number of para-hydroxylation sites is 1. The number of alkyl halides is 3. The van der Waals surface area contributed by atoms with Crippen molar-refractivity contribution in [1.29, 1.82) is 5.26 Å². The molecule has 6 nitrogen and oxygen atoms in total. The lowest BCUT2D eigenvalue weighted by molar-refractivity contribution is -0.139. The highest BCUT2D eigenvalue weighted by Gasteiger charge is 2.35. The van der Waals surface area contributed by atoms with Crippen LogP contribution in [0.2, 0.25) is 5.15 Å². The Labute approximate surface area is 186 Å². The van der Waals surface area contributed by atoms with Crippen molar-refractivity contribution in [2.75, 3.05) is 18.0 Å². The number of nitriles is 1. The minimum absolute atomic E-state index is 0.0449. The Morgan fingerprint density at radius 1 is 1.19 bits per heavy atom. The molecule has 1 aliphatic rings. The molecule has 0 radical (unpaired) electrons. The molecule has 3 aromatic rings. The molecule has 1 saturated heterocycles. The summed E-state index contributed by atoms with van der Waals surface area (Å²) in [7, 11) is 1.56. The predicted octanol–water partition coefficient (Wildman–Crippen LogP) is 4.53. The predicted molar refractivity (Wildman–Crippen MR) is 114 cm³/mol. The molecule has 0 unspecified atom stereocenters. The lowest BCUT2D eigenvalue weighted by Gasteiger charge is -2.34. The van der Waals surface area contributed by atoms with E-state index in [-0.39, 0.29) is 16.5 Å². The van der Waals surface area contributed by atoms with E-state index < -0.39 is 23.4 Å². The van der Waals surface area contributed by atoms with Crippen LogP contribution in [0.4, 0.5) is 18.9 Å². The number of hydrogen-bond acceptors (Lipinski definition) is 5. The molecule has 0 N–H and O–H groups in total. The zero-order valence-corrected chi connectivity index (χ0v) is 17.7. The van der Waals surface area contributed by atoms with Gasteiger partial charge in [0.1, 0.15) is 34.2 Å². The Balaban J connectivity index is 1.62. The summed E-state index contributed by atoms with van der Waals surface area (Å²) < 4.78 is 46.8. The molecule has 1 fully saturated rings. The standard InChI is InChI=1S/C22H18ClF3N4O2/c1-29-16-6-7-18(23)28-19(16)20(14(12-27)21(29)31)30-10-8-13(9-11-30)32-17-5-3-2-4-15(17)22(24,25)26/h2-7,13H,8-11H2,1H3. The molecule has 1 aliphatic heterocycles. The maximum atomic E-state index is 13.3. The van der Waals surface area contributed by atoms with Crippen molar-refractivity contribution >= 4 is 28.3 Å². The molecular weight excluding hydrogens is 445 g/mol. The maximum absolute atomic E-state index is 13.3. The van der Waals surface area contributed by atoms with Crippen LogP contribution in [-0.4, -0.2) is 28.7 Å². The monoisotopic (exact) mass is 462 g/mol. The Bertz CT molecular complexity index is 1280. The van der Waals surface area contributed by atoms with Crippen molar-refractivity contribution in [2.24, 2.45) is 7.05 Å². The third kappa shape index (κ3) is 3.98. The second kappa shape index (κ2) is 8.36. The van der Waals surface area contributed by atoms with E-state index in [9.17, 15) is 23.2 Å². The SMILES string of the molecule is Cn1c(=O)c(C#N)c(N2CCC(Oc3ccccc3C(F)(F)F)CC2)c2nc(Cl)ccc21. The molecule has 0 atom stereocenters. The van der Waals surface area contributed by atoms with E-state index in [0.717, 1.165) is 6.07 Å². The molecule has 32 heavy (non-hydrogen) atoms. The number of pyridine rings is 2. The van der Waals surface area contributed by atoms with E-state index in [0.29, 0.717) is 42.7 Å². The number of benzene rings is 1. The Morgan fingerprint density at radius 3 is 2.53 bits per heavy atom. The third-order valence-electron chi connectivity index (χ3n) is 5.54. The van der Waals surface area contributed by atoms with Gasteiger partial charge in [-0.15, -0.1) is 0 Å². The number of piperidine rings is 1. The average Bonchev–Trinajstić information content (AvgIpc) is 2.76. The van der Waals surface area contributed by atoms with Gasteiger partial charge in [0, 0.05) is 33.0 Å². The first-order chi connectivity index (χ1) is 15.2. The summed E-state index contributed by atoms with van der Waals surface area (Å²) in [6.45, 7) is 0.758. The highest BCUT2D eigenvalue weighted by Crippen LogP contribution is 2.37. The van der Waals surface area contributed by atoms with Crippen LogP contribution >= 0.6 is 11.6 Å². The summed E-state index contributed by atoms with van der Waals surface area (Å²) in [6, 6.07) is 10.3. The highest BCUT2D eigenvalue weighted by atomic mass is 35.5. The number of hydrogen-bond donors (Lipinski definition) is 0. The minimum atomic E-state index is -4.51. The molecule has 0 bridgehead atoms. The summed E-state index contributed by atoms with van der Waals surface area (Å²) >= 11 is 6.07. The van der Waals surface area contributed by atoms with E-state index in [1.54, 1.807) is 19.2 Å². The van der Waals surface area contributed by atoms with Gasteiger partial charge in [-0.05, 0) is 24.3 Å². The molecule has 166 valence electrons. The van der Waals surface area contributed by atoms with E-state index in [1.807, 2.05) is 11.0 Å². The molecule has 0 spiro atoms. The largest absolute Gasteiger partial charge is 0.490 e. The van der Waals surface area contributed by atoms with Gasteiger partial charge in [-0.25, -0.2) is 4.98 Å². The minimum Gasteiger partial charge on any atom is -0.490 e. The topological polar surface area (TPSA) is 71.2 Å². The normalized spacial score (nSPS) is 15.1. The second-order valence-electron chi connectivity index (χ2n) is 7.50. The van der Waals surface area contributed by atoms with Gasteiger partial charge in [0.15, 0.2) is 0 Å². The molecule has 0 saturated carbocycles. The van der Waals surface area contributed by atoms with Gasteiger partial charge >= 0.3 is 6.18 Å². The van der Waals surface area contributed by atoms with Crippen LogP contribution in [0.25, 0.3) is 11.0 Å². The first-order valence-electron chi connectivity index (χ1n) is 9.88. The average molecular weight is 463 g/mol. The molecule has 2 aromatic heterocycles. The van der Waals surface area contributed by atoms with E-state index in [4.69, 9.17) is 16.3 Å². The number of aryl methyl sites for hydroxylation is 1. The molecule has 4 rings (SSSR count). The lowest BCUT2D eigenvalue weighted by atomic mass is 10.0. The second-order valence-corrected chi connectivity index (χ2v) is 7.89. The fraction of sp³-hybridized carbons (Fsp3) is 0.318. The molecular formula is C22H18ClF3N4O2. The smallest absolute Gasteiger partial charge is 0.419 e. The van der Waals surface area contributed by atoms with Gasteiger partial charge < -0.3 is 14.2 Å². The first-order valence-corrected chi connectivity index (χ1v) is 10.3. The summed E-state index contributed by atoms with van der Waals surface area (Å²) in [5.41, 5.74) is 0.0461. The third-order valence-corrected chi connectivity index (χ3v) is 5.75. The lowest BCUT2D eigenvalue weighted by Crippen LogP contribution is -2.40. The Kier molecular flexibility index (Phi) is 5.73. The van der Waals surface area contributed by atoms with Gasteiger partial charge in [-0.3, -0.25) is 4.79 Å². The van der Waals surface area contributed by atoms with Gasteiger partial charge in [0.25, 0.3) is 5.56 Å². The van der Waals surface area contributed by atoms with Gasteiger partial charge in [-0.2, -0.15) is 18.4 Å². The molecule has 3 heterocycles. The van der Waals surface area contributed by atoms with Crippen molar-refractivity contribution in [3.8, 4) is 11.8 Å². The molecule has 0 amide bonds. The summed E-state index contributed by atoms with van der Waals surface area (Å²) in [5.74, 6) is -0.205. The van der Waals surface area contributed by atoms with E-state index in [2.05, 4.69) is 4.98 Å². The van der Waals surface area contributed by atoms with Gasteiger partial charge in [0.05, 0.1) is 16.8 Å². The quantitative estimate of drug-likeness (QED) is 0.535. The van der Waals surface area contributed by atoms with Crippen LogP contribution in [-0.2, 0) is 13.2 Å². The van der Waals surface area contributed by atoms with Crippen LogP contribution in [0, 0.1) is 11.3 Å². The number of anilines is 1. The fourth-order valence-electron chi connectivity index (χ4n) is 3.96. The number of nitrogens with zero attached hydrogens (tertiary/aromatic N) is 4. The molecule has 0 aliphatic carbocycles. The van der Waals surface area contributed by atoms with Crippen LogP contribution in [0.15, 0.2) is 41.2 Å². The maximum Gasteiger partial charge on any atom is 0.419 e. The zero-order valence-electron chi connectivity index (χ0n) is 17.0. The number of halogens is 4. The summed E-state index contributed by atoms with van der Waals surface area (Å²) in [5, 5.41) is 9.88. The molecule has 1 aromatic carbocycles. The van der Waals surface area contributed by atoms with Crippen molar-refractivity contribution < 1.29 is 17.9 Å². The highest BCUT2D eigenvalue weighted by molar-refractivity contribution is 6.29. The van der Waals surface area contributed by atoms with Crippen molar-refractivity contribution in [3.63, 3.8) is 0 Å². The van der Waals surface area contributed by atoms with Crippen LogP contribution < -0.4 is 15.2 Å². The number of aromatic nitrogens is 2. The number of rotatable bonds is 3. The van der Waals surface area contributed by atoms with Crippen LogP contribution in [0.3, 0.4) is 0 Å². The van der Waals surface area contributed by atoms with Crippen molar-refractivity contribution in [2.45, 2.75) is 25.1 Å². The van der Waals surface area contributed by atoms with Crippen LogP contribution in [0.5, 0.6) is 5.75 Å². The van der Waals surface area contributed by atoms with Gasteiger partial charge in [0.2, 0.25) is 0 Å². The van der Waals surface area contributed by atoms with Crippen molar-refractivity contribution in [1.82, 2.24) is 9.55 Å². The Morgan fingerprint density at radius 2 is 1.88 bits per heavy atom. The molecule has 10 heteroatoms. The van der Waals surface area contributed by atoms with Crippen LogP contribution in [0.1, 0.15) is 24.0 Å². The van der Waals surface area contributed by atoms with E-state index in [1.165, 1.54) is 22.8 Å². The Hall–Kier alpha value is -3.25.